The Bertz CT molecular complexity index is 914. The third-order valence-corrected chi connectivity index (χ3v) is 6.76. The van der Waals surface area contributed by atoms with Crippen molar-refractivity contribution in [3.8, 4) is 11.8 Å². The SMILES string of the molecule is CCCCCC1CCC(C(C)Cc2ccc(C#Cc3ccc(F)c(F)c3)c(F)c2)CC1. The van der Waals surface area contributed by atoms with Crippen molar-refractivity contribution in [2.24, 2.45) is 17.8 Å². The molecule has 1 aliphatic rings. The summed E-state index contributed by atoms with van der Waals surface area (Å²) in [4.78, 5) is 0. The van der Waals surface area contributed by atoms with Gasteiger partial charge < -0.3 is 0 Å². The molecule has 0 N–H and O–H groups in total. The fourth-order valence-corrected chi connectivity index (χ4v) is 4.77. The Morgan fingerprint density at radius 2 is 1.65 bits per heavy atom. The normalized spacial score (nSPS) is 19.5. The predicted octanol–water partition coefficient (Wildman–Crippen LogP) is 8.07. The van der Waals surface area contributed by atoms with Gasteiger partial charge in [-0.15, -0.1) is 0 Å². The molecule has 1 fully saturated rings. The quantitative estimate of drug-likeness (QED) is 0.310. The zero-order valence-electron chi connectivity index (χ0n) is 18.7. The minimum absolute atomic E-state index is 0.272. The van der Waals surface area contributed by atoms with Gasteiger partial charge in [0.15, 0.2) is 11.6 Å². The first-order valence-electron chi connectivity index (χ1n) is 11.7. The van der Waals surface area contributed by atoms with Gasteiger partial charge in [0.05, 0.1) is 5.56 Å². The number of rotatable bonds is 7. The molecule has 31 heavy (non-hydrogen) atoms. The van der Waals surface area contributed by atoms with Crippen molar-refractivity contribution in [3.05, 3.63) is 70.5 Å². The zero-order chi connectivity index (χ0) is 22.2. The van der Waals surface area contributed by atoms with E-state index in [1.165, 1.54) is 57.4 Å². The number of unbranched alkanes of at least 4 members (excludes halogenated alkanes) is 2. The van der Waals surface area contributed by atoms with Gasteiger partial charge in [0, 0.05) is 5.56 Å². The molecule has 1 aliphatic carbocycles. The lowest BCUT2D eigenvalue weighted by Gasteiger charge is -2.32. The van der Waals surface area contributed by atoms with Crippen molar-refractivity contribution in [3.63, 3.8) is 0 Å². The second-order valence-electron chi connectivity index (χ2n) is 9.15. The summed E-state index contributed by atoms with van der Waals surface area (Å²) in [5.41, 5.74) is 1.59. The Hall–Kier alpha value is -2.21. The fourth-order valence-electron chi connectivity index (χ4n) is 4.77. The van der Waals surface area contributed by atoms with Gasteiger partial charge in [0.1, 0.15) is 5.82 Å². The lowest BCUT2D eigenvalue weighted by atomic mass is 9.73. The smallest absolute Gasteiger partial charge is 0.160 e. The van der Waals surface area contributed by atoms with Crippen LogP contribution in [0.2, 0.25) is 0 Å². The molecule has 0 bridgehead atoms. The monoisotopic (exact) mass is 426 g/mol. The Balaban J connectivity index is 1.54. The van der Waals surface area contributed by atoms with Crippen molar-refractivity contribution in [2.75, 3.05) is 0 Å². The number of benzene rings is 2. The zero-order valence-corrected chi connectivity index (χ0v) is 18.7. The molecule has 0 radical (unpaired) electrons. The maximum absolute atomic E-state index is 14.6. The lowest BCUT2D eigenvalue weighted by Crippen LogP contribution is -2.21. The van der Waals surface area contributed by atoms with Crippen LogP contribution in [-0.4, -0.2) is 0 Å². The predicted molar refractivity (Wildman–Crippen MR) is 121 cm³/mol. The Morgan fingerprint density at radius 1 is 0.871 bits per heavy atom. The Labute approximate surface area is 185 Å². The highest BCUT2D eigenvalue weighted by atomic mass is 19.2. The van der Waals surface area contributed by atoms with E-state index < -0.39 is 11.6 Å². The average molecular weight is 427 g/mol. The van der Waals surface area contributed by atoms with E-state index in [9.17, 15) is 13.2 Å². The molecule has 0 amide bonds. The van der Waals surface area contributed by atoms with Gasteiger partial charge in [-0.05, 0) is 72.9 Å². The summed E-state index contributed by atoms with van der Waals surface area (Å²) >= 11 is 0. The third kappa shape index (κ3) is 6.89. The van der Waals surface area contributed by atoms with E-state index in [1.54, 1.807) is 12.1 Å². The molecule has 3 rings (SSSR count). The van der Waals surface area contributed by atoms with Crippen molar-refractivity contribution in [2.45, 2.75) is 71.6 Å². The summed E-state index contributed by atoms with van der Waals surface area (Å²) in [6, 6.07) is 8.63. The van der Waals surface area contributed by atoms with E-state index in [-0.39, 0.29) is 11.4 Å². The van der Waals surface area contributed by atoms with Gasteiger partial charge in [-0.3, -0.25) is 0 Å². The van der Waals surface area contributed by atoms with Gasteiger partial charge in [0.2, 0.25) is 0 Å². The molecule has 0 saturated heterocycles. The topological polar surface area (TPSA) is 0 Å². The molecule has 0 spiro atoms. The standard InChI is InChI=1S/C28H33F3/c1-3-4-5-6-21-7-12-24(13-8-21)20(2)17-23-10-15-25(27(30)19-23)14-9-22-11-16-26(29)28(31)18-22/h10-11,15-16,18-21,24H,3-8,12-13,17H2,1-2H3. The molecular weight excluding hydrogens is 393 g/mol. The van der Waals surface area contributed by atoms with Gasteiger partial charge in [-0.25, -0.2) is 13.2 Å². The van der Waals surface area contributed by atoms with Crippen LogP contribution in [-0.2, 0) is 6.42 Å². The van der Waals surface area contributed by atoms with E-state index in [4.69, 9.17) is 0 Å². The molecule has 2 aromatic carbocycles. The summed E-state index contributed by atoms with van der Waals surface area (Å²) in [5, 5.41) is 0. The van der Waals surface area contributed by atoms with Gasteiger partial charge in [-0.2, -0.15) is 0 Å². The average Bonchev–Trinajstić information content (AvgIpc) is 2.76. The first-order chi connectivity index (χ1) is 15.0. The molecule has 0 nitrogen and oxygen atoms in total. The van der Waals surface area contributed by atoms with Gasteiger partial charge >= 0.3 is 0 Å². The van der Waals surface area contributed by atoms with E-state index in [1.807, 2.05) is 6.07 Å². The van der Waals surface area contributed by atoms with Crippen LogP contribution in [0.5, 0.6) is 0 Å². The first-order valence-corrected chi connectivity index (χ1v) is 11.7. The van der Waals surface area contributed by atoms with Crippen LogP contribution in [0.3, 0.4) is 0 Å². The molecule has 3 heteroatoms. The molecule has 1 unspecified atom stereocenters. The first kappa shape index (κ1) is 23.5. The number of hydrogen-bond donors (Lipinski definition) is 0. The molecule has 0 heterocycles. The second-order valence-corrected chi connectivity index (χ2v) is 9.15. The van der Waals surface area contributed by atoms with Crippen LogP contribution >= 0.6 is 0 Å². The Morgan fingerprint density at radius 3 is 2.32 bits per heavy atom. The summed E-state index contributed by atoms with van der Waals surface area (Å²) in [7, 11) is 0. The van der Waals surface area contributed by atoms with Crippen LogP contribution in [0.4, 0.5) is 13.2 Å². The van der Waals surface area contributed by atoms with Crippen LogP contribution in [0.1, 0.15) is 81.9 Å². The molecule has 1 atom stereocenters. The van der Waals surface area contributed by atoms with E-state index in [0.29, 0.717) is 11.5 Å². The maximum Gasteiger partial charge on any atom is 0.160 e. The number of halogens is 3. The lowest BCUT2D eigenvalue weighted by molar-refractivity contribution is 0.204. The highest BCUT2D eigenvalue weighted by Crippen LogP contribution is 2.37. The van der Waals surface area contributed by atoms with E-state index in [0.717, 1.165) is 36.0 Å². The van der Waals surface area contributed by atoms with Crippen LogP contribution < -0.4 is 0 Å². The summed E-state index contributed by atoms with van der Waals surface area (Å²) in [5.74, 6) is 5.37. The number of hydrogen-bond acceptors (Lipinski definition) is 0. The summed E-state index contributed by atoms with van der Waals surface area (Å²) in [6.07, 6.45) is 11.5. The largest absolute Gasteiger partial charge is 0.206 e. The minimum atomic E-state index is -0.952. The van der Waals surface area contributed by atoms with Crippen molar-refractivity contribution >= 4 is 0 Å². The van der Waals surface area contributed by atoms with Crippen LogP contribution in [0.25, 0.3) is 0 Å². The van der Waals surface area contributed by atoms with Crippen molar-refractivity contribution in [1.82, 2.24) is 0 Å². The van der Waals surface area contributed by atoms with E-state index >= 15 is 0 Å². The molecule has 1 saturated carbocycles. The van der Waals surface area contributed by atoms with Crippen molar-refractivity contribution in [1.29, 1.82) is 0 Å². The molecule has 166 valence electrons. The van der Waals surface area contributed by atoms with Crippen molar-refractivity contribution < 1.29 is 13.2 Å². The highest BCUT2D eigenvalue weighted by molar-refractivity contribution is 5.44. The van der Waals surface area contributed by atoms with Gasteiger partial charge in [-0.1, -0.05) is 70.3 Å². The van der Waals surface area contributed by atoms with Gasteiger partial charge in [0.25, 0.3) is 0 Å². The van der Waals surface area contributed by atoms with Crippen LogP contribution in [0, 0.1) is 47.0 Å². The fraction of sp³-hybridized carbons (Fsp3) is 0.500. The highest BCUT2D eigenvalue weighted by Gasteiger charge is 2.25. The molecule has 0 aliphatic heterocycles. The molecular formula is C28H33F3. The summed E-state index contributed by atoms with van der Waals surface area (Å²) < 4.78 is 40.8. The van der Waals surface area contributed by atoms with Crippen LogP contribution in [0.15, 0.2) is 36.4 Å². The summed E-state index contributed by atoms with van der Waals surface area (Å²) in [6.45, 7) is 4.55. The Kier molecular flexibility index (Phi) is 8.64. The van der Waals surface area contributed by atoms with E-state index in [2.05, 4.69) is 25.7 Å². The third-order valence-electron chi connectivity index (χ3n) is 6.76. The minimum Gasteiger partial charge on any atom is -0.206 e. The second kappa shape index (κ2) is 11.4. The maximum atomic E-state index is 14.6. The molecule has 2 aromatic rings. The molecule has 0 aromatic heterocycles.